The zero-order chi connectivity index (χ0) is 30.6. The first-order chi connectivity index (χ1) is 17.6. The summed E-state index contributed by atoms with van der Waals surface area (Å²) in [6.45, 7) is 16.8. The molecule has 2 amide bonds. The summed E-state index contributed by atoms with van der Waals surface area (Å²) in [6, 6.07) is 2.56. The van der Waals surface area contributed by atoms with E-state index in [1.54, 1.807) is 48.5 Å². The summed E-state index contributed by atoms with van der Waals surface area (Å²) in [7, 11) is -4.62. The third-order valence-electron chi connectivity index (χ3n) is 5.21. The summed E-state index contributed by atoms with van der Waals surface area (Å²) < 4.78 is 52.0. The molecule has 0 aliphatic rings. The van der Waals surface area contributed by atoms with Crippen molar-refractivity contribution in [2.24, 2.45) is 4.99 Å². The number of amides is 2. The Labute approximate surface area is 229 Å². The smallest absolute Gasteiger partial charge is 0.425 e. The van der Waals surface area contributed by atoms with Gasteiger partial charge in [0, 0.05) is 24.2 Å². The fraction of sp³-hybridized carbons (Fsp3) is 0.577. The van der Waals surface area contributed by atoms with Crippen molar-refractivity contribution in [3.63, 3.8) is 0 Å². The van der Waals surface area contributed by atoms with Crippen LogP contribution in [0.25, 0.3) is 0 Å². The van der Waals surface area contributed by atoms with Crippen LogP contribution in [0.2, 0.25) is 0 Å². The van der Waals surface area contributed by atoms with E-state index in [-0.39, 0.29) is 13.0 Å². The molecule has 13 heteroatoms. The molecule has 0 bridgehead atoms. The van der Waals surface area contributed by atoms with Crippen LogP contribution in [0.4, 0.5) is 19.7 Å². The lowest BCUT2D eigenvalue weighted by Gasteiger charge is -2.36. The summed E-state index contributed by atoms with van der Waals surface area (Å²) in [5.41, 5.74) is -3.13. The molecule has 0 saturated heterocycles. The van der Waals surface area contributed by atoms with E-state index >= 15 is 0 Å². The Kier molecular flexibility index (Phi) is 10.6. The van der Waals surface area contributed by atoms with Crippen LogP contribution in [0.3, 0.4) is 0 Å². The zero-order valence-corrected chi connectivity index (χ0v) is 24.7. The van der Waals surface area contributed by atoms with Gasteiger partial charge in [0.2, 0.25) is 0 Å². The van der Waals surface area contributed by atoms with Gasteiger partial charge in [0.15, 0.2) is 9.84 Å². The molecule has 0 aliphatic carbocycles. The number of imide groups is 1. The molecule has 0 N–H and O–H groups in total. The van der Waals surface area contributed by atoms with Crippen molar-refractivity contribution in [1.29, 1.82) is 0 Å². The number of nitro groups is 1. The molecule has 0 heterocycles. The van der Waals surface area contributed by atoms with E-state index in [1.165, 1.54) is 19.9 Å². The number of non-ortho nitro benzene ring substituents is 1. The lowest BCUT2D eigenvalue weighted by atomic mass is 10.1. The van der Waals surface area contributed by atoms with Crippen molar-refractivity contribution in [2.75, 3.05) is 6.54 Å². The minimum Gasteiger partial charge on any atom is -0.443 e. The number of carbonyl (C=O) groups is 2. The van der Waals surface area contributed by atoms with E-state index in [0.29, 0.717) is 4.90 Å². The molecule has 0 fully saturated rings. The van der Waals surface area contributed by atoms with Crippen molar-refractivity contribution < 1.29 is 36.8 Å². The number of amidine groups is 1. The molecule has 218 valence electrons. The predicted octanol–water partition coefficient (Wildman–Crippen LogP) is 6.14. The van der Waals surface area contributed by atoms with E-state index in [0.717, 1.165) is 18.2 Å². The molecular weight excluding hydrogens is 533 g/mol. The number of allylic oxidation sites excluding steroid dienone is 1. The molecule has 1 aromatic rings. The first-order valence-electron chi connectivity index (χ1n) is 12.2. The molecule has 0 aliphatic heterocycles. The Morgan fingerprint density at radius 2 is 1.59 bits per heavy atom. The third kappa shape index (κ3) is 8.32. The number of hydrogen-bond acceptors (Lipinski definition) is 9. The normalized spacial score (nSPS) is 13.8. The van der Waals surface area contributed by atoms with Gasteiger partial charge in [-0.3, -0.25) is 15.1 Å². The topological polar surface area (TPSA) is 145 Å². The van der Waals surface area contributed by atoms with Gasteiger partial charge in [-0.15, -0.1) is 6.58 Å². The molecule has 0 radical (unpaired) electrons. The standard InChI is InChI=1S/C26H38FN3O8S/c1-11-13-20(18-16-17(30(33)34)14-15-19(18)27)39(35,36)26(9,10)21(28-12-2)29(22(31)37-24(3,4)5)23(32)38-25(6,7)8/h11,14-16,20H,1,12-13H2,2-10H3. The van der Waals surface area contributed by atoms with E-state index < -0.39 is 71.0 Å². The molecule has 0 saturated carbocycles. The number of nitro benzene ring substituents is 1. The van der Waals surface area contributed by atoms with Crippen LogP contribution in [-0.4, -0.2) is 58.8 Å². The summed E-state index contributed by atoms with van der Waals surface area (Å²) in [5, 5.41) is 9.66. The SMILES string of the molecule is C=CCC(c1cc([N+](=O)[O-])ccc1F)S(=O)(=O)C(C)(C)C(=NCC)N(C(=O)OC(C)(C)C)C(=O)OC(C)(C)C. The highest BCUT2D eigenvalue weighted by atomic mass is 32.2. The first kappa shape index (κ1) is 33.7. The summed E-state index contributed by atoms with van der Waals surface area (Å²) in [5.74, 6) is -1.51. The van der Waals surface area contributed by atoms with Crippen molar-refractivity contribution in [2.45, 2.75) is 89.9 Å². The van der Waals surface area contributed by atoms with Crippen LogP contribution >= 0.6 is 0 Å². The fourth-order valence-electron chi connectivity index (χ4n) is 3.49. The summed E-state index contributed by atoms with van der Waals surface area (Å²) >= 11 is 0. The Bertz CT molecular complexity index is 1220. The number of sulfone groups is 1. The quantitative estimate of drug-likeness (QED) is 0.119. The number of benzene rings is 1. The molecule has 0 aromatic heterocycles. The van der Waals surface area contributed by atoms with Gasteiger partial charge in [-0.25, -0.2) is 22.4 Å². The van der Waals surface area contributed by atoms with Gasteiger partial charge >= 0.3 is 12.2 Å². The average molecular weight is 572 g/mol. The van der Waals surface area contributed by atoms with Crippen molar-refractivity contribution >= 4 is 33.5 Å². The van der Waals surface area contributed by atoms with Crippen LogP contribution in [0.1, 0.15) is 79.5 Å². The first-order valence-corrected chi connectivity index (χ1v) is 13.7. The molecular formula is C26H38FN3O8S. The molecule has 11 nitrogen and oxygen atoms in total. The van der Waals surface area contributed by atoms with Gasteiger partial charge < -0.3 is 9.47 Å². The molecule has 1 rings (SSSR count). The Morgan fingerprint density at radius 1 is 1.10 bits per heavy atom. The van der Waals surface area contributed by atoms with Crippen LogP contribution in [0.15, 0.2) is 35.8 Å². The van der Waals surface area contributed by atoms with Crippen molar-refractivity contribution in [3.8, 4) is 0 Å². The second kappa shape index (κ2) is 12.2. The van der Waals surface area contributed by atoms with Crippen LogP contribution < -0.4 is 0 Å². The minimum atomic E-state index is -4.62. The Hall–Kier alpha value is -3.35. The number of hydrogen-bond donors (Lipinski definition) is 0. The number of halogens is 1. The maximum atomic E-state index is 15.0. The lowest BCUT2D eigenvalue weighted by Crippen LogP contribution is -2.57. The van der Waals surface area contributed by atoms with Gasteiger partial charge in [0.25, 0.3) is 5.69 Å². The molecule has 1 unspecified atom stereocenters. The van der Waals surface area contributed by atoms with Crippen LogP contribution in [-0.2, 0) is 19.3 Å². The Balaban J connectivity index is 3.93. The van der Waals surface area contributed by atoms with Gasteiger partial charge in [-0.1, -0.05) is 6.08 Å². The summed E-state index contributed by atoms with van der Waals surface area (Å²) in [4.78, 5) is 41.8. The number of aliphatic imine (C=N–C) groups is 1. The fourth-order valence-corrected chi connectivity index (χ4v) is 5.52. The number of rotatable bonds is 8. The van der Waals surface area contributed by atoms with Crippen LogP contribution in [0, 0.1) is 15.9 Å². The summed E-state index contributed by atoms with van der Waals surface area (Å²) in [6.07, 6.45) is -1.56. The van der Waals surface area contributed by atoms with E-state index in [4.69, 9.17) is 9.47 Å². The second-order valence-corrected chi connectivity index (χ2v) is 13.8. The maximum Gasteiger partial charge on any atom is 0.425 e. The minimum absolute atomic E-state index is 0.0479. The van der Waals surface area contributed by atoms with E-state index in [1.807, 2.05) is 0 Å². The van der Waals surface area contributed by atoms with Gasteiger partial charge in [0.1, 0.15) is 27.6 Å². The van der Waals surface area contributed by atoms with Crippen LogP contribution in [0.5, 0.6) is 0 Å². The van der Waals surface area contributed by atoms with Gasteiger partial charge in [0.05, 0.1) is 10.2 Å². The van der Waals surface area contributed by atoms with Crippen molar-refractivity contribution in [1.82, 2.24) is 4.90 Å². The highest BCUT2D eigenvalue weighted by Gasteiger charge is 2.51. The van der Waals surface area contributed by atoms with Crippen molar-refractivity contribution in [3.05, 3.63) is 52.3 Å². The van der Waals surface area contributed by atoms with E-state index in [9.17, 15) is 32.5 Å². The number of ether oxygens (including phenoxy) is 2. The molecule has 39 heavy (non-hydrogen) atoms. The zero-order valence-electron chi connectivity index (χ0n) is 23.9. The number of carbonyl (C=O) groups excluding carboxylic acids is 2. The molecule has 1 aromatic carbocycles. The Morgan fingerprint density at radius 3 is 1.97 bits per heavy atom. The molecule has 0 spiro atoms. The second-order valence-electron chi connectivity index (χ2n) is 11.1. The van der Waals surface area contributed by atoms with Gasteiger partial charge in [-0.05, 0) is 74.8 Å². The lowest BCUT2D eigenvalue weighted by molar-refractivity contribution is -0.385. The third-order valence-corrected chi connectivity index (χ3v) is 8.01. The predicted molar refractivity (Wildman–Crippen MR) is 146 cm³/mol. The van der Waals surface area contributed by atoms with E-state index in [2.05, 4.69) is 11.6 Å². The highest BCUT2D eigenvalue weighted by molar-refractivity contribution is 7.93. The highest BCUT2D eigenvalue weighted by Crippen LogP contribution is 2.39. The molecule has 1 atom stereocenters. The average Bonchev–Trinajstić information content (AvgIpc) is 2.74. The largest absolute Gasteiger partial charge is 0.443 e. The maximum absolute atomic E-state index is 15.0. The van der Waals surface area contributed by atoms with Gasteiger partial charge in [-0.2, -0.15) is 4.90 Å². The number of nitrogens with zero attached hydrogens (tertiary/aromatic N) is 3. The monoisotopic (exact) mass is 571 g/mol.